The Morgan fingerprint density at radius 1 is 1.36 bits per heavy atom. The first-order valence-corrected chi connectivity index (χ1v) is 4.77. The van der Waals surface area contributed by atoms with E-state index in [4.69, 9.17) is 0 Å². The van der Waals surface area contributed by atoms with E-state index in [0.717, 1.165) is 12.8 Å². The lowest BCUT2D eigenvalue weighted by Gasteiger charge is -2.28. The summed E-state index contributed by atoms with van der Waals surface area (Å²) in [5.41, 5.74) is -0.449. The Hall–Kier alpha value is -0.0400. The minimum atomic E-state index is -0.449. The molecule has 1 heteroatoms. The maximum atomic E-state index is 9.82. The second kappa shape index (κ2) is 4.76. The molecule has 0 saturated heterocycles. The van der Waals surface area contributed by atoms with E-state index in [1.54, 1.807) is 0 Å². The zero-order chi connectivity index (χ0) is 8.91. The first-order valence-electron chi connectivity index (χ1n) is 4.77. The minimum absolute atomic E-state index is 0.437. The van der Waals surface area contributed by atoms with E-state index < -0.39 is 5.60 Å². The van der Waals surface area contributed by atoms with Crippen molar-refractivity contribution in [3.63, 3.8) is 0 Å². The lowest BCUT2D eigenvalue weighted by atomic mass is 9.85. The van der Waals surface area contributed by atoms with Crippen molar-refractivity contribution in [2.24, 2.45) is 5.92 Å². The molecule has 1 N–H and O–H groups in total. The van der Waals surface area contributed by atoms with Gasteiger partial charge in [0.05, 0.1) is 5.60 Å². The molecular formula is C10H22O. The van der Waals surface area contributed by atoms with Crippen molar-refractivity contribution in [2.75, 3.05) is 0 Å². The SMILES string of the molecule is CCCCC(C)C(C)(O)CC. The highest BCUT2D eigenvalue weighted by Crippen LogP contribution is 2.24. The number of hydrogen-bond acceptors (Lipinski definition) is 1. The molecule has 0 amide bonds. The molecule has 0 rings (SSSR count). The largest absolute Gasteiger partial charge is 0.390 e. The molecule has 0 aliphatic rings. The summed E-state index contributed by atoms with van der Waals surface area (Å²) in [5.74, 6) is 0.437. The van der Waals surface area contributed by atoms with Crippen LogP contribution in [-0.4, -0.2) is 10.7 Å². The van der Waals surface area contributed by atoms with E-state index >= 15 is 0 Å². The highest BCUT2D eigenvalue weighted by atomic mass is 16.3. The van der Waals surface area contributed by atoms with Crippen LogP contribution in [0.1, 0.15) is 53.4 Å². The van der Waals surface area contributed by atoms with Gasteiger partial charge >= 0.3 is 0 Å². The van der Waals surface area contributed by atoms with Crippen molar-refractivity contribution in [3.05, 3.63) is 0 Å². The quantitative estimate of drug-likeness (QED) is 0.652. The molecule has 0 saturated carbocycles. The average Bonchev–Trinajstić information content (AvgIpc) is 2.00. The zero-order valence-electron chi connectivity index (χ0n) is 8.35. The van der Waals surface area contributed by atoms with Gasteiger partial charge in [0, 0.05) is 0 Å². The summed E-state index contributed by atoms with van der Waals surface area (Å²) in [7, 11) is 0. The van der Waals surface area contributed by atoms with Gasteiger partial charge in [-0.25, -0.2) is 0 Å². The van der Waals surface area contributed by atoms with Gasteiger partial charge < -0.3 is 5.11 Å². The lowest BCUT2D eigenvalue weighted by Crippen LogP contribution is -2.31. The third-order valence-electron chi connectivity index (χ3n) is 2.77. The minimum Gasteiger partial charge on any atom is -0.390 e. The van der Waals surface area contributed by atoms with E-state index in [-0.39, 0.29) is 0 Å². The van der Waals surface area contributed by atoms with Gasteiger partial charge in [0.15, 0.2) is 0 Å². The molecule has 0 aromatic heterocycles. The Labute approximate surface area is 70.8 Å². The van der Waals surface area contributed by atoms with Gasteiger partial charge in [0.25, 0.3) is 0 Å². The fraction of sp³-hybridized carbons (Fsp3) is 1.00. The first-order chi connectivity index (χ1) is 5.04. The van der Waals surface area contributed by atoms with Crippen LogP contribution in [0.2, 0.25) is 0 Å². The Balaban J connectivity index is 3.71. The van der Waals surface area contributed by atoms with Gasteiger partial charge in [0.2, 0.25) is 0 Å². The smallest absolute Gasteiger partial charge is 0.0642 e. The van der Waals surface area contributed by atoms with E-state index in [0.29, 0.717) is 5.92 Å². The highest BCUT2D eigenvalue weighted by molar-refractivity contribution is 4.76. The molecule has 0 radical (unpaired) electrons. The van der Waals surface area contributed by atoms with Gasteiger partial charge in [-0.2, -0.15) is 0 Å². The second-order valence-corrected chi connectivity index (χ2v) is 3.75. The van der Waals surface area contributed by atoms with Gasteiger partial charge in [-0.1, -0.05) is 33.6 Å². The predicted octanol–water partition coefficient (Wildman–Crippen LogP) is 2.97. The van der Waals surface area contributed by atoms with Gasteiger partial charge in [-0.3, -0.25) is 0 Å². The molecule has 68 valence electrons. The summed E-state index contributed by atoms with van der Waals surface area (Å²) in [6, 6.07) is 0. The van der Waals surface area contributed by atoms with Gasteiger partial charge in [-0.05, 0) is 25.7 Å². The molecule has 0 fully saturated rings. The van der Waals surface area contributed by atoms with Crippen LogP contribution in [0.15, 0.2) is 0 Å². The molecule has 1 nitrogen and oxygen atoms in total. The Morgan fingerprint density at radius 3 is 2.27 bits per heavy atom. The van der Waals surface area contributed by atoms with Crippen molar-refractivity contribution in [2.45, 2.75) is 59.0 Å². The van der Waals surface area contributed by atoms with Gasteiger partial charge in [-0.15, -0.1) is 0 Å². The van der Waals surface area contributed by atoms with E-state index in [1.165, 1.54) is 12.8 Å². The molecule has 0 bridgehead atoms. The molecule has 0 aliphatic heterocycles. The topological polar surface area (TPSA) is 20.2 Å². The Bertz CT molecular complexity index is 97.0. The Morgan fingerprint density at radius 2 is 1.91 bits per heavy atom. The molecule has 0 aromatic rings. The molecule has 0 aromatic carbocycles. The van der Waals surface area contributed by atoms with Crippen molar-refractivity contribution < 1.29 is 5.11 Å². The summed E-state index contributed by atoms with van der Waals surface area (Å²) in [6.07, 6.45) is 4.47. The molecule has 0 heterocycles. The zero-order valence-corrected chi connectivity index (χ0v) is 8.35. The van der Waals surface area contributed by atoms with E-state index in [9.17, 15) is 5.11 Å². The average molecular weight is 158 g/mol. The monoisotopic (exact) mass is 158 g/mol. The fourth-order valence-electron chi connectivity index (χ4n) is 1.17. The maximum Gasteiger partial charge on any atom is 0.0642 e. The van der Waals surface area contributed by atoms with Crippen LogP contribution in [0.3, 0.4) is 0 Å². The number of hydrogen-bond donors (Lipinski definition) is 1. The summed E-state index contributed by atoms with van der Waals surface area (Å²) >= 11 is 0. The maximum absolute atomic E-state index is 9.82. The highest BCUT2D eigenvalue weighted by Gasteiger charge is 2.24. The summed E-state index contributed by atoms with van der Waals surface area (Å²) < 4.78 is 0. The van der Waals surface area contributed by atoms with Crippen LogP contribution in [0.5, 0.6) is 0 Å². The van der Waals surface area contributed by atoms with Crippen LogP contribution < -0.4 is 0 Å². The van der Waals surface area contributed by atoms with Crippen LogP contribution in [-0.2, 0) is 0 Å². The molecule has 2 unspecified atom stereocenters. The van der Waals surface area contributed by atoms with Crippen LogP contribution in [0.4, 0.5) is 0 Å². The summed E-state index contributed by atoms with van der Waals surface area (Å²) in [6.45, 7) is 8.31. The van der Waals surface area contributed by atoms with Crippen LogP contribution in [0.25, 0.3) is 0 Å². The molecule has 2 atom stereocenters. The standard InChI is InChI=1S/C10H22O/c1-5-7-8-9(3)10(4,11)6-2/h9,11H,5-8H2,1-4H3. The number of unbranched alkanes of at least 4 members (excludes halogenated alkanes) is 1. The molecule has 11 heavy (non-hydrogen) atoms. The lowest BCUT2D eigenvalue weighted by molar-refractivity contribution is -0.00134. The van der Waals surface area contributed by atoms with Crippen molar-refractivity contribution in [1.82, 2.24) is 0 Å². The van der Waals surface area contributed by atoms with E-state index in [1.807, 2.05) is 13.8 Å². The predicted molar refractivity (Wildman–Crippen MR) is 49.6 cm³/mol. The van der Waals surface area contributed by atoms with Crippen LogP contribution >= 0.6 is 0 Å². The Kier molecular flexibility index (Phi) is 4.74. The van der Waals surface area contributed by atoms with Gasteiger partial charge in [0.1, 0.15) is 0 Å². The third-order valence-corrected chi connectivity index (χ3v) is 2.77. The summed E-state index contributed by atoms with van der Waals surface area (Å²) in [4.78, 5) is 0. The van der Waals surface area contributed by atoms with Crippen molar-refractivity contribution in [1.29, 1.82) is 0 Å². The van der Waals surface area contributed by atoms with Crippen LogP contribution in [0, 0.1) is 5.92 Å². The van der Waals surface area contributed by atoms with Crippen molar-refractivity contribution >= 4 is 0 Å². The first kappa shape index (κ1) is 11.0. The van der Waals surface area contributed by atoms with Crippen molar-refractivity contribution in [3.8, 4) is 0 Å². The molecular weight excluding hydrogens is 136 g/mol. The normalized spacial score (nSPS) is 19.4. The second-order valence-electron chi connectivity index (χ2n) is 3.75. The van der Waals surface area contributed by atoms with E-state index in [2.05, 4.69) is 13.8 Å². The fourth-order valence-corrected chi connectivity index (χ4v) is 1.17. The number of aliphatic hydroxyl groups is 1. The third kappa shape index (κ3) is 3.76. The molecule has 0 spiro atoms. The molecule has 0 aliphatic carbocycles. The summed E-state index contributed by atoms with van der Waals surface area (Å²) in [5, 5.41) is 9.82. The number of rotatable bonds is 5.